The molecule has 0 saturated carbocycles. The molecule has 10 heteroatoms. The van der Waals surface area contributed by atoms with Gasteiger partial charge < -0.3 is 16.0 Å². The van der Waals surface area contributed by atoms with Gasteiger partial charge in [0.2, 0.25) is 0 Å². The topological polar surface area (TPSA) is 125 Å². The number of carbonyl (C=O) groups is 1. The molecule has 184 valence electrons. The summed E-state index contributed by atoms with van der Waals surface area (Å²) in [6.45, 7) is 3.58. The Labute approximate surface area is 210 Å². The smallest absolute Gasteiger partial charge is 0.255 e. The van der Waals surface area contributed by atoms with Crippen molar-refractivity contribution in [1.29, 1.82) is 0 Å². The molecular formula is C26H26N6O3S. The van der Waals surface area contributed by atoms with E-state index in [1.165, 1.54) is 18.2 Å². The molecule has 3 aromatic rings. The number of pyridine rings is 1. The number of benzene rings is 2. The summed E-state index contributed by atoms with van der Waals surface area (Å²) in [5.74, 6) is -0.316. The van der Waals surface area contributed by atoms with Gasteiger partial charge in [0.15, 0.2) is 6.29 Å². The first-order valence-corrected chi connectivity index (χ1v) is 12.7. The molecule has 0 spiro atoms. The monoisotopic (exact) mass is 502 g/mol. The lowest BCUT2D eigenvalue weighted by Gasteiger charge is -2.24. The molecule has 1 unspecified atom stereocenters. The Morgan fingerprint density at radius 1 is 1.08 bits per heavy atom. The zero-order chi connectivity index (χ0) is 25.5. The van der Waals surface area contributed by atoms with E-state index < -0.39 is 16.3 Å². The molecule has 0 fully saturated rings. The minimum Gasteiger partial charge on any atom is -0.347 e. The van der Waals surface area contributed by atoms with Gasteiger partial charge in [-0.1, -0.05) is 12.1 Å². The summed E-state index contributed by atoms with van der Waals surface area (Å²) >= 11 is 0. The third-order valence-corrected chi connectivity index (χ3v) is 6.40. The minimum atomic E-state index is -3.57. The standard InChI is InChI=1S/C26H26N6O3S/c1-3-15-36(34,35)32-21-10-7-19(8-11-21)25(33)29-22-9-6-18(2)24(16-22)31-26-28-14-12-23(30-26)20-5-4-13-27-17-20/h3-17,26,30-32H,1-2H3,(H,29,33)/b15-3+. The summed E-state index contributed by atoms with van der Waals surface area (Å²) in [7, 11) is -3.57. The van der Waals surface area contributed by atoms with E-state index >= 15 is 0 Å². The molecule has 1 aliphatic rings. The maximum atomic E-state index is 12.8. The second-order valence-corrected chi connectivity index (χ2v) is 9.56. The van der Waals surface area contributed by atoms with Crippen LogP contribution in [-0.4, -0.2) is 31.8 Å². The zero-order valence-corrected chi connectivity index (χ0v) is 20.6. The first-order chi connectivity index (χ1) is 17.3. The van der Waals surface area contributed by atoms with Crippen molar-refractivity contribution in [2.75, 3.05) is 15.4 Å². The number of anilines is 3. The first kappa shape index (κ1) is 24.7. The fraction of sp³-hybridized carbons (Fsp3) is 0.115. The molecule has 36 heavy (non-hydrogen) atoms. The van der Waals surface area contributed by atoms with Gasteiger partial charge in [0.05, 0.1) is 0 Å². The third-order valence-electron chi connectivity index (χ3n) is 5.25. The fourth-order valence-electron chi connectivity index (χ4n) is 3.48. The van der Waals surface area contributed by atoms with Crippen LogP contribution in [-0.2, 0) is 10.0 Å². The molecule has 1 atom stereocenters. The molecule has 2 aromatic carbocycles. The number of nitrogens with one attached hydrogen (secondary N) is 4. The van der Waals surface area contributed by atoms with Crippen molar-refractivity contribution in [2.45, 2.75) is 20.1 Å². The highest BCUT2D eigenvalue weighted by atomic mass is 32.2. The van der Waals surface area contributed by atoms with Gasteiger partial charge in [-0.15, -0.1) is 0 Å². The molecule has 4 N–H and O–H groups in total. The highest BCUT2D eigenvalue weighted by Gasteiger charge is 2.14. The number of carbonyl (C=O) groups excluding carboxylic acids is 1. The number of hydrogen-bond donors (Lipinski definition) is 4. The lowest BCUT2D eigenvalue weighted by molar-refractivity contribution is 0.102. The summed E-state index contributed by atoms with van der Waals surface area (Å²) in [5, 5.41) is 10.6. The Morgan fingerprint density at radius 3 is 2.58 bits per heavy atom. The van der Waals surface area contributed by atoms with Crippen molar-refractivity contribution >= 4 is 44.9 Å². The Kier molecular flexibility index (Phi) is 7.45. The molecule has 9 nitrogen and oxygen atoms in total. The Bertz CT molecular complexity index is 1430. The van der Waals surface area contributed by atoms with E-state index in [9.17, 15) is 13.2 Å². The number of nitrogens with zero attached hydrogens (tertiary/aromatic N) is 2. The van der Waals surface area contributed by atoms with Gasteiger partial charge in [-0.3, -0.25) is 14.5 Å². The van der Waals surface area contributed by atoms with E-state index in [1.807, 2.05) is 43.3 Å². The van der Waals surface area contributed by atoms with Crippen LogP contribution in [0, 0.1) is 6.92 Å². The van der Waals surface area contributed by atoms with Crippen molar-refractivity contribution in [3.63, 3.8) is 0 Å². The molecule has 1 aliphatic heterocycles. The van der Waals surface area contributed by atoms with Crippen LogP contribution in [0.4, 0.5) is 17.1 Å². The molecule has 1 aromatic heterocycles. The molecule has 1 amide bonds. The normalized spacial score (nSPS) is 15.2. The average Bonchev–Trinajstić information content (AvgIpc) is 2.87. The Morgan fingerprint density at radius 2 is 1.86 bits per heavy atom. The zero-order valence-electron chi connectivity index (χ0n) is 19.8. The van der Waals surface area contributed by atoms with Crippen LogP contribution in [0.5, 0.6) is 0 Å². The predicted molar refractivity (Wildman–Crippen MR) is 144 cm³/mol. The quantitative estimate of drug-likeness (QED) is 0.363. The highest BCUT2D eigenvalue weighted by molar-refractivity contribution is 7.95. The summed E-state index contributed by atoms with van der Waals surface area (Å²) in [6.07, 6.45) is 8.16. The minimum absolute atomic E-state index is 0.316. The second kappa shape index (κ2) is 10.9. The van der Waals surface area contributed by atoms with Gasteiger partial charge in [0, 0.05) is 57.9 Å². The van der Waals surface area contributed by atoms with Crippen molar-refractivity contribution in [3.8, 4) is 0 Å². The number of aryl methyl sites for hydroxylation is 1. The fourth-order valence-corrected chi connectivity index (χ4v) is 4.38. The molecule has 0 bridgehead atoms. The number of rotatable bonds is 8. The molecule has 2 heterocycles. The van der Waals surface area contributed by atoms with Crippen molar-refractivity contribution < 1.29 is 13.2 Å². The van der Waals surface area contributed by atoms with Crippen LogP contribution in [0.3, 0.4) is 0 Å². The van der Waals surface area contributed by atoms with Gasteiger partial charge in [-0.2, -0.15) is 0 Å². The maximum absolute atomic E-state index is 12.8. The van der Waals surface area contributed by atoms with Crippen molar-refractivity contribution in [2.24, 2.45) is 4.99 Å². The van der Waals surface area contributed by atoms with Crippen LogP contribution in [0.25, 0.3) is 5.70 Å². The lowest BCUT2D eigenvalue weighted by atomic mass is 10.1. The maximum Gasteiger partial charge on any atom is 0.255 e. The number of amides is 1. The number of allylic oxidation sites excluding steroid dienone is 2. The first-order valence-electron chi connectivity index (χ1n) is 11.2. The van der Waals surface area contributed by atoms with Gasteiger partial charge in [0.1, 0.15) is 0 Å². The second-order valence-electron chi connectivity index (χ2n) is 7.99. The summed E-state index contributed by atoms with van der Waals surface area (Å²) in [4.78, 5) is 21.4. The number of sulfonamides is 1. The number of aromatic nitrogens is 1. The van der Waals surface area contributed by atoms with E-state index in [0.29, 0.717) is 16.9 Å². The average molecular weight is 503 g/mol. The van der Waals surface area contributed by atoms with Gasteiger partial charge >= 0.3 is 0 Å². The van der Waals surface area contributed by atoms with Gasteiger partial charge in [-0.05, 0) is 74.0 Å². The predicted octanol–water partition coefficient (Wildman–Crippen LogP) is 4.33. The van der Waals surface area contributed by atoms with Gasteiger partial charge in [-0.25, -0.2) is 13.4 Å². The van der Waals surface area contributed by atoms with E-state index in [1.54, 1.807) is 37.7 Å². The van der Waals surface area contributed by atoms with E-state index in [0.717, 1.165) is 27.9 Å². The summed E-state index contributed by atoms with van der Waals surface area (Å²) < 4.78 is 26.1. The third kappa shape index (κ3) is 6.36. The molecule has 4 rings (SSSR count). The highest BCUT2D eigenvalue weighted by Crippen LogP contribution is 2.23. The van der Waals surface area contributed by atoms with E-state index in [2.05, 4.69) is 30.6 Å². The van der Waals surface area contributed by atoms with Crippen molar-refractivity contribution in [3.05, 3.63) is 101 Å². The van der Waals surface area contributed by atoms with Crippen LogP contribution < -0.4 is 20.7 Å². The molecule has 0 aliphatic carbocycles. The van der Waals surface area contributed by atoms with Crippen molar-refractivity contribution in [1.82, 2.24) is 10.3 Å². The summed E-state index contributed by atoms with van der Waals surface area (Å²) in [5.41, 5.74) is 5.01. The van der Waals surface area contributed by atoms with Crippen LogP contribution in [0.2, 0.25) is 0 Å². The SMILES string of the molecule is C/C=C/S(=O)(=O)Nc1ccc(C(=O)Nc2ccc(C)c(NC3N=CC=C(c4cccnc4)N3)c2)cc1. The van der Waals surface area contributed by atoms with E-state index in [-0.39, 0.29) is 5.91 Å². The summed E-state index contributed by atoms with van der Waals surface area (Å²) in [6, 6.07) is 15.6. The molecule has 0 saturated heterocycles. The Balaban J connectivity index is 1.41. The molecule has 0 radical (unpaired) electrons. The largest absolute Gasteiger partial charge is 0.347 e. The molecular weight excluding hydrogens is 476 g/mol. The van der Waals surface area contributed by atoms with Crippen LogP contribution in [0.15, 0.2) is 89.5 Å². The Hall–Kier alpha value is -4.44. The van der Waals surface area contributed by atoms with E-state index in [4.69, 9.17) is 0 Å². The van der Waals surface area contributed by atoms with Crippen LogP contribution >= 0.6 is 0 Å². The number of hydrogen-bond acceptors (Lipinski definition) is 7. The lowest BCUT2D eigenvalue weighted by Crippen LogP contribution is -2.35. The van der Waals surface area contributed by atoms with Crippen LogP contribution in [0.1, 0.15) is 28.4 Å². The van der Waals surface area contributed by atoms with Gasteiger partial charge in [0.25, 0.3) is 15.9 Å². The number of aliphatic imine (C=N–C) groups is 1.